The maximum atomic E-state index is 11.0. The van der Waals surface area contributed by atoms with E-state index in [9.17, 15) is 51.1 Å². The second-order valence-corrected chi connectivity index (χ2v) is 81.8. The first-order valence-corrected chi connectivity index (χ1v) is 71.5. The molecule has 23 nitrogen and oxygen atoms in total. The topological polar surface area (TPSA) is 373 Å². The predicted octanol–water partition coefficient (Wildman–Crippen LogP) is 21.3. The van der Waals surface area contributed by atoms with E-state index in [4.69, 9.17) is 15.2 Å². The van der Waals surface area contributed by atoms with Crippen LogP contribution in [-0.4, -0.2) is 290 Å². The van der Waals surface area contributed by atoms with Gasteiger partial charge in [-0.15, -0.1) is 0 Å². The molecule has 0 aromatic heterocycles. The number of hydrazone groups is 1. The molecule has 9 unspecified atom stereocenters. The predicted molar refractivity (Wildman–Crippen MR) is 581 cm³/mol. The molecule has 0 aliphatic carbocycles. The number of aliphatic imine (C=N–C) groups is 3. The fraction of sp³-hybridized carbons (Fsp3) is 0.839. The van der Waals surface area contributed by atoms with Gasteiger partial charge in [-0.25, -0.2) is 0 Å². The fourth-order valence-corrected chi connectivity index (χ4v) is 17.9. The molecule has 0 aliphatic heterocycles. The normalized spacial score (nSPS) is 16.0. The molecule has 0 bridgehead atoms. The summed E-state index contributed by atoms with van der Waals surface area (Å²) in [6, 6.07) is 7.23. The molecule has 9 atom stereocenters. The molecule has 0 aromatic carbocycles. The van der Waals surface area contributed by atoms with Crippen molar-refractivity contribution < 1.29 is 238 Å². The van der Waals surface area contributed by atoms with Crippen LogP contribution in [0, 0.1) is 29.1 Å². The second-order valence-electron chi connectivity index (χ2n) is 42.8. The summed E-state index contributed by atoms with van der Waals surface area (Å²) in [5.74, 6) is 0.786. The van der Waals surface area contributed by atoms with Crippen LogP contribution >= 0.6 is 0 Å². The third kappa shape index (κ3) is 120. The SMILES string of the molecule is C=CC(C)(O)C=NN(C)C.C=CC(C)(O)C=N[Si](C)(C)C.CC(C)(O)C=N[Si](C)(C)C.CC(C)C(C)(O)C=N.CC(C)N=CC(C)(O)C(C)C.CC(O)(C=N[Si](C)(C)C)[Si](C)(C)C.CCC(C)(O)C=N[Si](C)(C)C.CCC(O)(C=N[Si](C)(C)C)CC.CCN=CC(C)(O)C(C)C.CC[Si](CC)(CC)N=CC(C)(O)[Si](CC)(CC)CC.CN=CC(C)(O)C(C)C.[Ni].[Ni].[Ni].[Ni].[Ni].[Ni].[Ni].[Ni].[Ni].[Ni].[Ni]. The standard InChI is InChI=1S/C15H35NOSi2.C9H23NOSi2.C9H21NOSi.C9H19NO.C8H19NOSi.C8H17NOSi.C8H17NO.C7H14N2O.C7H17NOSi.C7H15NO.C6H13NO.11Ni/c1-8-18(9-2,10-3)15(7,17)14-16-19(11-4,12-5)13-6;1-9(11,12(2,3)4)8-10-13(5,6)7;1-6-9(11,7-2)8-10-12(3,4)5;1-7(2)9(5,11)6-10-8(3)4;2*1-6-8(2,10)7-9-11(3,4)5;1-5-9-6-8(4,10)7(2)3;1-5-7(2,10)6-8-9(3)4;1-7(2,9)6-8-10(3,4)5;1-6(2)7(3,9)5-8-4;1-5(2)6(3,8)4-7;;;;;;;;;;;/h14,17H,8-13H2,1-7H3;8,11H,1-7H3;8,11H,6-7H2,1-5H3;6-8,11H,1-5H3;7,10H,6H2,1-5H3;6-7,10H,1H2,2-5H3;6-7,10H,5H2,1-4H3;5-6,10H,1H2,2-4H3;6,9H,1-5H3;5-6,9H,1-4H3;4-5,7-8H,1-3H3;;;;;;;;;;;. The van der Waals surface area contributed by atoms with Crippen LogP contribution in [0.15, 0.2) is 73.3 Å². The zero-order chi connectivity index (χ0) is 102. The molecule has 0 aromatic rings. The van der Waals surface area contributed by atoms with Crippen molar-refractivity contribution in [2.45, 2.75) is 455 Å². The van der Waals surface area contributed by atoms with Gasteiger partial charge in [-0.3, -0.25) is 15.0 Å². The minimum absolute atomic E-state index is 0. The maximum absolute atomic E-state index is 11.0. The Bertz CT molecular complexity index is 3070. The molecule has 0 spiro atoms. The Morgan fingerprint density at radius 1 is 0.333 bits per heavy atom. The van der Waals surface area contributed by atoms with Crippen molar-refractivity contribution in [3.05, 3.63) is 25.3 Å². The number of hydrogen-bond acceptors (Lipinski definition) is 23. The molecule has 42 heteroatoms. The smallest absolute Gasteiger partial charge is 0.180 e. The van der Waals surface area contributed by atoms with E-state index >= 15 is 0 Å². The summed E-state index contributed by atoms with van der Waals surface area (Å²) >= 11 is 0. The van der Waals surface area contributed by atoms with Crippen molar-refractivity contribution in [2.24, 2.45) is 71.7 Å². The summed E-state index contributed by atoms with van der Waals surface area (Å²) in [4.78, 5) is 11.9. The first kappa shape index (κ1) is 192. The van der Waals surface area contributed by atoms with Crippen molar-refractivity contribution in [1.82, 2.24) is 5.01 Å². The van der Waals surface area contributed by atoms with E-state index in [1.807, 2.05) is 117 Å². The van der Waals surface area contributed by atoms with E-state index in [-0.39, 0.29) is 211 Å². The van der Waals surface area contributed by atoms with Gasteiger partial charge in [0.2, 0.25) is 0 Å². The van der Waals surface area contributed by atoms with Gasteiger partial charge in [0.25, 0.3) is 0 Å². The van der Waals surface area contributed by atoms with Crippen molar-refractivity contribution in [3.8, 4) is 0 Å². The molecule has 0 fully saturated rings. The Morgan fingerprint density at radius 2 is 0.607 bits per heavy atom. The quantitative estimate of drug-likeness (QED) is 0.0120. The van der Waals surface area contributed by atoms with Crippen molar-refractivity contribution in [2.75, 3.05) is 27.7 Å². The monoisotopic (exact) mass is 2530 g/mol. The molecule has 850 valence electrons. The average molecular weight is 2540 g/mol. The zero-order valence-corrected chi connectivity index (χ0v) is 113. The summed E-state index contributed by atoms with van der Waals surface area (Å²) in [7, 11) is -6.44. The molecular formula is C93H210N12Ni11O11Si8. The molecule has 0 amide bonds. The van der Waals surface area contributed by atoms with Gasteiger partial charge >= 0.3 is 0 Å². The summed E-state index contributed by atoms with van der Waals surface area (Å²) in [5, 5.41) is 117. The first-order valence-electron chi connectivity index (χ1n) is 45.5. The van der Waals surface area contributed by atoms with Crippen molar-refractivity contribution in [1.29, 1.82) is 5.41 Å². The number of aliphatic hydroxyl groups is 11. The van der Waals surface area contributed by atoms with E-state index in [0.717, 1.165) is 50.2 Å². The molecule has 12 N–H and O–H groups in total. The molecule has 0 radical (unpaired) electrons. The van der Waals surface area contributed by atoms with Crippen LogP contribution in [0.3, 0.4) is 0 Å². The van der Waals surface area contributed by atoms with Crippen molar-refractivity contribution >= 4 is 134 Å². The van der Waals surface area contributed by atoms with Crippen LogP contribution in [0.5, 0.6) is 0 Å². The van der Waals surface area contributed by atoms with Gasteiger partial charge in [0, 0.05) is 277 Å². The van der Waals surface area contributed by atoms with Gasteiger partial charge in [-0.1, -0.05) is 181 Å². The zero-order valence-electron chi connectivity index (χ0n) is 94.2. The number of nitrogens with zero attached hydrogens (tertiary/aromatic N) is 11. The Morgan fingerprint density at radius 3 is 0.815 bits per heavy atom. The first-order chi connectivity index (χ1) is 54.7. The van der Waals surface area contributed by atoms with E-state index < -0.39 is 126 Å². The summed E-state index contributed by atoms with van der Waals surface area (Å²) in [6.45, 7) is 107. The van der Waals surface area contributed by atoms with Crippen LogP contribution in [-0.2, 0) is 181 Å². The Labute approximate surface area is 951 Å². The van der Waals surface area contributed by atoms with Crippen LogP contribution in [0.1, 0.15) is 234 Å². The Hall–Kier alpha value is 2.37. The third-order valence-corrected chi connectivity index (χ3v) is 39.3. The van der Waals surface area contributed by atoms with E-state index in [2.05, 4.69) is 216 Å². The number of nitrogens with one attached hydrogen (secondary N) is 1. The van der Waals surface area contributed by atoms with Crippen LogP contribution < -0.4 is 0 Å². The van der Waals surface area contributed by atoms with E-state index in [1.54, 1.807) is 138 Å². The molecule has 135 heavy (non-hydrogen) atoms. The Balaban J connectivity index is -0.0000000520. The molecule has 0 heterocycles. The molecule has 0 rings (SSSR count). The van der Waals surface area contributed by atoms with Crippen LogP contribution in [0.4, 0.5) is 0 Å². The number of rotatable bonds is 37. The molecule has 0 saturated heterocycles. The van der Waals surface area contributed by atoms with Crippen LogP contribution in [0.2, 0.25) is 154 Å². The molecular weight excluding hydrogens is 2330 g/mol. The minimum atomic E-state index is -1.65. The third-order valence-electron chi connectivity index (χ3n) is 20.6. The van der Waals surface area contributed by atoms with Gasteiger partial charge in [-0.2, -0.15) is 5.10 Å². The fourth-order valence-electron chi connectivity index (χ4n) is 7.40. The summed E-state index contributed by atoms with van der Waals surface area (Å²) < 4.78 is 26.9. The Kier molecular flexibility index (Phi) is 127. The van der Waals surface area contributed by atoms with Crippen molar-refractivity contribution in [3.63, 3.8) is 0 Å². The number of hydrogen-bond donors (Lipinski definition) is 12. The summed E-state index contributed by atoms with van der Waals surface area (Å²) in [5.41, 5.74) is -7.22. The largest absolute Gasteiger partial charge is 0.388 e. The minimum Gasteiger partial charge on any atom is -0.388 e. The summed E-state index contributed by atoms with van der Waals surface area (Å²) in [6.07, 6.45) is 22.9. The van der Waals surface area contributed by atoms with Gasteiger partial charge in [0.05, 0.1) is 72.0 Å². The van der Waals surface area contributed by atoms with E-state index in [1.165, 1.54) is 36.5 Å². The van der Waals surface area contributed by atoms with Gasteiger partial charge in [0.1, 0.15) is 11.2 Å². The van der Waals surface area contributed by atoms with Gasteiger partial charge in [0.15, 0.2) is 49.4 Å². The average Bonchev–Trinajstić information content (AvgIpc) is 0.793. The molecule has 0 saturated carbocycles. The maximum Gasteiger partial charge on any atom is 0.180 e. The van der Waals surface area contributed by atoms with Gasteiger partial charge < -0.3 is 94.5 Å². The van der Waals surface area contributed by atoms with Gasteiger partial charge in [-0.05, 0) is 256 Å². The second kappa shape index (κ2) is 89.2. The van der Waals surface area contributed by atoms with Crippen LogP contribution in [0.25, 0.3) is 0 Å². The molecule has 0 aliphatic rings. The van der Waals surface area contributed by atoms with E-state index in [0.29, 0.717) is 0 Å².